The molecule has 0 saturated carbocycles. The molecule has 0 aliphatic rings. The number of benzene rings is 1. The predicted molar refractivity (Wildman–Crippen MR) is 42.2 cm³/mol. The van der Waals surface area contributed by atoms with Crippen LogP contribution in [0.2, 0.25) is 0 Å². The molecule has 0 aromatic heterocycles. The summed E-state index contributed by atoms with van der Waals surface area (Å²) < 4.78 is 0. The quantitative estimate of drug-likeness (QED) is 0.617. The van der Waals surface area contributed by atoms with Crippen molar-refractivity contribution in [3.63, 3.8) is 0 Å². The van der Waals surface area contributed by atoms with E-state index >= 15 is 0 Å². The molecule has 3 heteroatoms. The Balaban J connectivity index is 2.86. The Bertz CT molecular complexity index is 271. The van der Waals surface area contributed by atoms with Gasteiger partial charge in [0, 0.05) is 5.69 Å². The molecule has 0 aliphatic heterocycles. The van der Waals surface area contributed by atoms with Crippen LogP contribution in [0.25, 0.3) is 0 Å². The number of nitrogens with two attached hydrogens (primary N) is 1. The van der Waals surface area contributed by atoms with Crippen molar-refractivity contribution < 1.29 is 9.90 Å². The predicted octanol–water partition coefficient (Wildman–Crippen LogP) is 0.896. The third-order valence-corrected chi connectivity index (χ3v) is 1.40. The highest BCUT2D eigenvalue weighted by Gasteiger charge is 2.01. The van der Waals surface area contributed by atoms with E-state index in [0.29, 0.717) is 11.3 Å². The second-order valence-corrected chi connectivity index (χ2v) is 2.27. The molecule has 58 valence electrons. The Morgan fingerprint density at radius 2 is 2.09 bits per heavy atom. The van der Waals surface area contributed by atoms with Gasteiger partial charge in [0.1, 0.15) is 0 Å². The van der Waals surface area contributed by atoms with Crippen molar-refractivity contribution in [1.82, 2.24) is 0 Å². The summed E-state index contributed by atoms with van der Waals surface area (Å²) in [6, 6.07) is 6.96. The zero-order chi connectivity index (χ0) is 8.27. The number of carboxylic acid groups (broad SMARTS) is 1. The second-order valence-electron chi connectivity index (χ2n) is 2.27. The molecule has 0 unspecified atom stereocenters. The summed E-state index contributed by atoms with van der Waals surface area (Å²) in [5, 5.41) is 8.44. The second kappa shape index (κ2) is 3.05. The monoisotopic (exact) mass is 151 g/mol. The Morgan fingerprint density at radius 3 is 2.64 bits per heavy atom. The molecule has 11 heavy (non-hydrogen) atoms. The average Bonchev–Trinajstić information content (AvgIpc) is 1.93. The molecule has 0 aliphatic carbocycles. The Labute approximate surface area is 64.5 Å². The van der Waals surface area contributed by atoms with Gasteiger partial charge in [-0.1, -0.05) is 18.2 Å². The van der Waals surface area contributed by atoms with Gasteiger partial charge in [-0.2, -0.15) is 0 Å². The van der Waals surface area contributed by atoms with Gasteiger partial charge in [0.2, 0.25) is 0 Å². The summed E-state index contributed by atoms with van der Waals surface area (Å²) in [6.45, 7) is 0. The fraction of sp³-hybridized carbons (Fsp3) is 0.125. The number of hydrogen-bond donors (Lipinski definition) is 2. The molecule has 0 amide bonds. The summed E-state index contributed by atoms with van der Waals surface area (Å²) in [4.78, 5) is 10.3. The number of carboxylic acids is 1. The van der Waals surface area contributed by atoms with Crippen LogP contribution >= 0.6 is 0 Å². The molecule has 1 aromatic rings. The van der Waals surface area contributed by atoms with Crippen molar-refractivity contribution in [1.29, 1.82) is 0 Å². The maximum Gasteiger partial charge on any atom is 0.307 e. The number of rotatable bonds is 2. The van der Waals surface area contributed by atoms with Gasteiger partial charge in [-0.3, -0.25) is 4.79 Å². The van der Waals surface area contributed by atoms with E-state index in [2.05, 4.69) is 0 Å². The number of carbonyl (C=O) groups is 1. The summed E-state index contributed by atoms with van der Waals surface area (Å²) >= 11 is 0. The van der Waals surface area contributed by atoms with Crippen molar-refractivity contribution in [2.24, 2.45) is 0 Å². The molecule has 3 nitrogen and oxygen atoms in total. The first-order chi connectivity index (χ1) is 5.20. The minimum Gasteiger partial charge on any atom is -0.481 e. The third kappa shape index (κ3) is 1.97. The molecule has 0 radical (unpaired) electrons. The van der Waals surface area contributed by atoms with Gasteiger partial charge >= 0.3 is 5.97 Å². The number of nitrogen functional groups attached to an aromatic ring is 1. The Morgan fingerprint density at radius 1 is 1.45 bits per heavy atom. The van der Waals surface area contributed by atoms with E-state index in [9.17, 15) is 4.79 Å². The SMILES string of the molecule is Nc1ccccc1CC(=O)O. The lowest BCUT2D eigenvalue weighted by atomic mass is 10.1. The largest absolute Gasteiger partial charge is 0.481 e. The summed E-state index contributed by atoms with van der Waals surface area (Å²) in [5.74, 6) is -0.858. The van der Waals surface area contributed by atoms with Crippen LogP contribution in [-0.4, -0.2) is 11.1 Å². The van der Waals surface area contributed by atoms with Gasteiger partial charge < -0.3 is 10.8 Å². The topological polar surface area (TPSA) is 63.3 Å². The van der Waals surface area contributed by atoms with Crippen LogP contribution < -0.4 is 5.73 Å². The number of hydrogen-bond acceptors (Lipinski definition) is 2. The number of para-hydroxylation sites is 1. The third-order valence-electron chi connectivity index (χ3n) is 1.40. The summed E-state index contributed by atoms with van der Waals surface area (Å²) in [7, 11) is 0. The van der Waals surface area contributed by atoms with Gasteiger partial charge in [0.25, 0.3) is 0 Å². The Kier molecular flexibility index (Phi) is 2.11. The molecule has 0 bridgehead atoms. The average molecular weight is 151 g/mol. The molecule has 0 atom stereocenters. The molecule has 0 saturated heterocycles. The maximum absolute atomic E-state index is 10.3. The lowest BCUT2D eigenvalue weighted by molar-refractivity contribution is -0.136. The zero-order valence-corrected chi connectivity index (χ0v) is 5.95. The van der Waals surface area contributed by atoms with Crippen molar-refractivity contribution in [3.05, 3.63) is 29.8 Å². The van der Waals surface area contributed by atoms with E-state index in [1.54, 1.807) is 24.3 Å². The minimum atomic E-state index is -0.858. The highest BCUT2D eigenvalue weighted by Crippen LogP contribution is 2.10. The van der Waals surface area contributed by atoms with Gasteiger partial charge in [0.05, 0.1) is 6.42 Å². The lowest BCUT2D eigenvalue weighted by Crippen LogP contribution is -2.02. The first kappa shape index (κ1) is 7.60. The Hall–Kier alpha value is -1.51. The van der Waals surface area contributed by atoms with Gasteiger partial charge in [-0.25, -0.2) is 0 Å². The molecule has 0 fully saturated rings. The minimum absolute atomic E-state index is 0.00727. The number of anilines is 1. The summed E-state index contributed by atoms with van der Waals surface area (Å²) in [5.41, 5.74) is 6.71. The van der Waals surface area contributed by atoms with E-state index in [1.807, 2.05) is 0 Å². The fourth-order valence-corrected chi connectivity index (χ4v) is 0.858. The van der Waals surface area contributed by atoms with E-state index in [1.165, 1.54) is 0 Å². The summed E-state index contributed by atoms with van der Waals surface area (Å²) in [6.07, 6.45) is -0.00727. The van der Waals surface area contributed by atoms with E-state index in [0.717, 1.165) is 0 Å². The van der Waals surface area contributed by atoms with E-state index < -0.39 is 5.97 Å². The highest BCUT2D eigenvalue weighted by atomic mass is 16.4. The van der Waals surface area contributed by atoms with Crippen LogP contribution in [0.3, 0.4) is 0 Å². The van der Waals surface area contributed by atoms with Gasteiger partial charge in [-0.15, -0.1) is 0 Å². The van der Waals surface area contributed by atoms with Gasteiger partial charge in [-0.05, 0) is 11.6 Å². The lowest BCUT2D eigenvalue weighted by Gasteiger charge is -1.99. The maximum atomic E-state index is 10.3. The fourth-order valence-electron chi connectivity index (χ4n) is 0.858. The highest BCUT2D eigenvalue weighted by molar-refractivity contribution is 5.72. The number of aliphatic carboxylic acids is 1. The van der Waals surface area contributed by atoms with Gasteiger partial charge in [0.15, 0.2) is 0 Å². The first-order valence-corrected chi connectivity index (χ1v) is 3.25. The normalized spacial score (nSPS) is 9.45. The van der Waals surface area contributed by atoms with Crippen molar-refractivity contribution in [3.8, 4) is 0 Å². The molecule has 3 N–H and O–H groups in total. The van der Waals surface area contributed by atoms with Crippen LogP contribution in [-0.2, 0) is 11.2 Å². The standard InChI is InChI=1S/C8H9NO2/c9-7-4-2-1-3-6(7)5-8(10)11/h1-4H,5,9H2,(H,10,11). The van der Waals surface area contributed by atoms with Crippen LogP contribution in [0.4, 0.5) is 5.69 Å². The van der Waals surface area contributed by atoms with Crippen molar-refractivity contribution >= 4 is 11.7 Å². The van der Waals surface area contributed by atoms with Crippen molar-refractivity contribution in [2.75, 3.05) is 5.73 Å². The molecular formula is C8H9NO2. The smallest absolute Gasteiger partial charge is 0.307 e. The molecule has 1 aromatic carbocycles. The van der Waals surface area contributed by atoms with Crippen molar-refractivity contribution in [2.45, 2.75) is 6.42 Å². The van der Waals surface area contributed by atoms with E-state index in [-0.39, 0.29) is 6.42 Å². The van der Waals surface area contributed by atoms with Crippen LogP contribution in [0.5, 0.6) is 0 Å². The molecule has 0 spiro atoms. The van der Waals surface area contributed by atoms with Crippen LogP contribution in [0.1, 0.15) is 5.56 Å². The van der Waals surface area contributed by atoms with Crippen LogP contribution in [0.15, 0.2) is 24.3 Å². The van der Waals surface area contributed by atoms with E-state index in [4.69, 9.17) is 10.8 Å². The molecule has 1 rings (SSSR count). The zero-order valence-electron chi connectivity index (χ0n) is 5.95. The molecule has 0 heterocycles. The van der Waals surface area contributed by atoms with Crippen LogP contribution in [0, 0.1) is 0 Å². The first-order valence-electron chi connectivity index (χ1n) is 3.25. The molecular weight excluding hydrogens is 142 g/mol.